The second-order valence-electron chi connectivity index (χ2n) is 4.95. The van der Waals surface area contributed by atoms with Crippen molar-refractivity contribution >= 4 is 16.5 Å². The molecule has 0 aromatic carbocycles. The number of aromatic nitrogens is 3. The van der Waals surface area contributed by atoms with Crippen LogP contribution in [0.1, 0.15) is 38.8 Å². The molecule has 6 heteroatoms. The number of nitrogens with one attached hydrogen (secondary N) is 1. The minimum Gasteiger partial charge on any atom is -0.363 e. The molecule has 0 aliphatic heterocycles. The minimum absolute atomic E-state index is 0.0249. The molecule has 0 bridgehead atoms. The Kier molecular flexibility index (Phi) is 4.54. The van der Waals surface area contributed by atoms with E-state index in [1.807, 2.05) is 16.7 Å². The van der Waals surface area contributed by atoms with Crippen LogP contribution in [-0.2, 0) is 6.54 Å². The summed E-state index contributed by atoms with van der Waals surface area (Å²) in [5, 5.41) is 12.4. The largest absolute Gasteiger partial charge is 0.363 e. The highest BCUT2D eigenvalue weighted by atomic mass is 32.1. The van der Waals surface area contributed by atoms with Crippen molar-refractivity contribution < 1.29 is 0 Å². The summed E-state index contributed by atoms with van der Waals surface area (Å²) in [4.78, 5) is 12.7. The summed E-state index contributed by atoms with van der Waals surface area (Å²) in [6, 6.07) is 3.89. The number of hydrogen-bond donors (Lipinski definition) is 1. The summed E-state index contributed by atoms with van der Waals surface area (Å²) in [6.07, 6.45) is 0.932. The average Bonchev–Trinajstić information content (AvgIpc) is 2.89. The molecule has 0 radical (unpaired) electrons. The molecule has 2 aromatic heterocycles. The van der Waals surface area contributed by atoms with Crippen LogP contribution < -0.4 is 10.9 Å². The summed E-state index contributed by atoms with van der Waals surface area (Å²) >= 11 is 1.39. The van der Waals surface area contributed by atoms with Crippen LogP contribution in [0.3, 0.4) is 0 Å². The van der Waals surface area contributed by atoms with Crippen molar-refractivity contribution in [3.05, 3.63) is 28.2 Å². The van der Waals surface area contributed by atoms with Crippen molar-refractivity contribution in [3.63, 3.8) is 0 Å². The van der Waals surface area contributed by atoms with Gasteiger partial charge in [0.15, 0.2) is 5.01 Å². The smallest absolute Gasteiger partial charge is 0.261 e. The van der Waals surface area contributed by atoms with Gasteiger partial charge in [0.25, 0.3) is 5.56 Å². The molecule has 5 nitrogen and oxygen atoms in total. The molecule has 0 aliphatic carbocycles. The molecule has 0 amide bonds. The monoisotopic (exact) mass is 292 g/mol. The molecule has 2 rings (SSSR count). The van der Waals surface area contributed by atoms with Crippen molar-refractivity contribution in [1.29, 1.82) is 0 Å². The van der Waals surface area contributed by atoms with E-state index in [0.717, 1.165) is 23.8 Å². The number of rotatable bonds is 5. The zero-order valence-corrected chi connectivity index (χ0v) is 13.1. The standard InChI is InChI=1S/C14H20N4OS/c1-5-8-18-11(9(2)3)7-6-10(13(18)19)12-16-17-14(15-4)20-12/h6-7,9H,5,8H2,1-4H3,(H,15,17). The third-order valence-corrected chi connectivity index (χ3v) is 4.09. The molecule has 0 unspecified atom stereocenters. The molecule has 2 aromatic rings. The van der Waals surface area contributed by atoms with Crippen LogP contribution in [0.5, 0.6) is 0 Å². The normalized spacial score (nSPS) is 11.1. The van der Waals surface area contributed by atoms with E-state index >= 15 is 0 Å². The Bertz CT molecular complexity index is 645. The lowest BCUT2D eigenvalue weighted by Crippen LogP contribution is -2.25. The van der Waals surface area contributed by atoms with Gasteiger partial charge in [-0.05, 0) is 24.5 Å². The molecule has 0 fully saturated rings. The van der Waals surface area contributed by atoms with Crippen LogP contribution in [0.25, 0.3) is 10.6 Å². The fraction of sp³-hybridized carbons (Fsp3) is 0.500. The van der Waals surface area contributed by atoms with Crippen molar-refractivity contribution in [2.75, 3.05) is 12.4 Å². The highest BCUT2D eigenvalue weighted by molar-refractivity contribution is 7.18. The predicted octanol–water partition coefficient (Wildman–Crippen LogP) is 2.94. The SMILES string of the molecule is CCCn1c(C(C)C)ccc(-c2nnc(NC)s2)c1=O. The molecular formula is C14H20N4OS. The number of pyridine rings is 1. The van der Waals surface area contributed by atoms with Crippen LogP contribution in [0.2, 0.25) is 0 Å². The first-order chi connectivity index (χ1) is 9.58. The van der Waals surface area contributed by atoms with Gasteiger partial charge < -0.3 is 9.88 Å². The second kappa shape index (κ2) is 6.17. The summed E-state index contributed by atoms with van der Waals surface area (Å²) in [7, 11) is 1.79. The summed E-state index contributed by atoms with van der Waals surface area (Å²) in [6.45, 7) is 7.01. The summed E-state index contributed by atoms with van der Waals surface area (Å²) in [5.41, 5.74) is 1.72. The fourth-order valence-electron chi connectivity index (χ4n) is 2.15. The van der Waals surface area contributed by atoms with Gasteiger partial charge in [0.1, 0.15) is 0 Å². The van der Waals surface area contributed by atoms with E-state index in [4.69, 9.17) is 0 Å². The van der Waals surface area contributed by atoms with Gasteiger partial charge in [-0.1, -0.05) is 32.1 Å². The van der Waals surface area contributed by atoms with E-state index in [2.05, 4.69) is 36.3 Å². The van der Waals surface area contributed by atoms with Gasteiger partial charge in [-0.25, -0.2) is 0 Å². The van der Waals surface area contributed by atoms with Crippen LogP contribution in [-0.4, -0.2) is 21.8 Å². The quantitative estimate of drug-likeness (QED) is 0.920. The number of anilines is 1. The molecule has 0 spiro atoms. The Morgan fingerprint density at radius 1 is 1.35 bits per heavy atom. The molecule has 0 atom stereocenters. The van der Waals surface area contributed by atoms with Gasteiger partial charge in [-0.3, -0.25) is 4.79 Å². The van der Waals surface area contributed by atoms with Crippen LogP contribution in [0.4, 0.5) is 5.13 Å². The Balaban J connectivity index is 2.55. The van der Waals surface area contributed by atoms with E-state index in [1.54, 1.807) is 7.05 Å². The third kappa shape index (κ3) is 2.75. The maximum absolute atomic E-state index is 12.7. The van der Waals surface area contributed by atoms with Crippen LogP contribution in [0, 0.1) is 0 Å². The fourth-order valence-corrected chi connectivity index (χ4v) is 2.86. The first kappa shape index (κ1) is 14.7. The van der Waals surface area contributed by atoms with Gasteiger partial charge in [0, 0.05) is 19.3 Å². The third-order valence-electron chi connectivity index (χ3n) is 3.12. The van der Waals surface area contributed by atoms with Gasteiger partial charge in [0.2, 0.25) is 5.13 Å². The van der Waals surface area contributed by atoms with Gasteiger partial charge in [-0.15, -0.1) is 10.2 Å². The van der Waals surface area contributed by atoms with Crippen molar-refractivity contribution in [1.82, 2.24) is 14.8 Å². The van der Waals surface area contributed by atoms with Crippen LogP contribution in [0.15, 0.2) is 16.9 Å². The Morgan fingerprint density at radius 3 is 2.65 bits per heavy atom. The van der Waals surface area contributed by atoms with Crippen molar-refractivity contribution in [3.8, 4) is 10.6 Å². The molecule has 0 aliphatic rings. The van der Waals surface area contributed by atoms with Gasteiger partial charge in [-0.2, -0.15) is 0 Å². The topological polar surface area (TPSA) is 59.8 Å². The number of hydrogen-bond acceptors (Lipinski definition) is 5. The maximum atomic E-state index is 12.7. The molecule has 0 saturated carbocycles. The number of nitrogens with zero attached hydrogens (tertiary/aromatic N) is 3. The highest BCUT2D eigenvalue weighted by Gasteiger charge is 2.15. The molecule has 108 valence electrons. The van der Waals surface area contributed by atoms with E-state index in [9.17, 15) is 4.79 Å². The lowest BCUT2D eigenvalue weighted by atomic mass is 10.1. The van der Waals surface area contributed by atoms with E-state index in [0.29, 0.717) is 16.5 Å². The minimum atomic E-state index is 0.0249. The summed E-state index contributed by atoms with van der Waals surface area (Å²) < 4.78 is 1.86. The zero-order valence-electron chi connectivity index (χ0n) is 12.3. The average molecular weight is 292 g/mol. The zero-order chi connectivity index (χ0) is 14.7. The Morgan fingerprint density at radius 2 is 2.10 bits per heavy atom. The lowest BCUT2D eigenvalue weighted by Gasteiger charge is -2.15. The van der Waals surface area contributed by atoms with Crippen LogP contribution >= 0.6 is 11.3 Å². The Labute approximate surface area is 122 Å². The van der Waals surface area contributed by atoms with Gasteiger partial charge >= 0.3 is 0 Å². The van der Waals surface area contributed by atoms with Crippen molar-refractivity contribution in [2.24, 2.45) is 0 Å². The molecule has 0 saturated heterocycles. The second-order valence-corrected chi connectivity index (χ2v) is 5.92. The van der Waals surface area contributed by atoms with E-state index in [-0.39, 0.29) is 5.56 Å². The maximum Gasteiger partial charge on any atom is 0.261 e. The highest BCUT2D eigenvalue weighted by Crippen LogP contribution is 2.24. The molecular weight excluding hydrogens is 272 g/mol. The van der Waals surface area contributed by atoms with E-state index in [1.165, 1.54) is 11.3 Å². The van der Waals surface area contributed by atoms with Crippen molar-refractivity contribution in [2.45, 2.75) is 39.7 Å². The molecule has 2 heterocycles. The summed E-state index contributed by atoms with van der Waals surface area (Å²) in [5.74, 6) is 0.325. The Hall–Kier alpha value is -1.69. The lowest BCUT2D eigenvalue weighted by molar-refractivity contribution is 0.597. The first-order valence-electron chi connectivity index (χ1n) is 6.83. The first-order valence-corrected chi connectivity index (χ1v) is 7.65. The van der Waals surface area contributed by atoms with Gasteiger partial charge in [0.05, 0.1) is 5.56 Å². The van der Waals surface area contributed by atoms with E-state index < -0.39 is 0 Å². The molecule has 20 heavy (non-hydrogen) atoms. The predicted molar refractivity (Wildman–Crippen MR) is 83.5 cm³/mol. The molecule has 1 N–H and O–H groups in total.